The lowest BCUT2D eigenvalue weighted by Crippen LogP contribution is -2.44. The fourth-order valence-corrected chi connectivity index (χ4v) is 5.66. The largest absolute Gasteiger partial charge is 0.390 e. The van der Waals surface area contributed by atoms with Gasteiger partial charge < -0.3 is 24.6 Å². The Morgan fingerprint density at radius 2 is 1.77 bits per heavy atom. The van der Waals surface area contributed by atoms with E-state index in [1.54, 1.807) is 0 Å². The number of fused-ring (bicyclic) bond motifs is 2. The Kier molecular flexibility index (Phi) is 6.50. The lowest BCUT2D eigenvalue weighted by molar-refractivity contribution is -0.0109. The van der Waals surface area contributed by atoms with E-state index in [1.165, 1.54) is 0 Å². The van der Waals surface area contributed by atoms with Crippen LogP contribution < -0.4 is 4.90 Å². The first-order chi connectivity index (χ1) is 18.7. The highest BCUT2D eigenvalue weighted by molar-refractivity contribution is 5.96. The van der Waals surface area contributed by atoms with Crippen molar-refractivity contribution in [1.29, 1.82) is 0 Å². The van der Waals surface area contributed by atoms with Gasteiger partial charge in [-0.15, -0.1) is 0 Å². The molecule has 11 nitrogen and oxygen atoms in total. The fourth-order valence-electron chi connectivity index (χ4n) is 5.66. The number of hydrogen-bond acceptors (Lipinski definition) is 8. The van der Waals surface area contributed by atoms with E-state index in [0.29, 0.717) is 62.3 Å². The van der Waals surface area contributed by atoms with E-state index in [2.05, 4.69) is 23.7 Å². The lowest BCUT2D eigenvalue weighted by Gasteiger charge is -2.37. The molecule has 1 amide bonds. The van der Waals surface area contributed by atoms with Crippen LogP contribution in [0.5, 0.6) is 0 Å². The summed E-state index contributed by atoms with van der Waals surface area (Å²) in [5.41, 5.74) is 2.15. The first-order valence-electron chi connectivity index (χ1n) is 13.8. The van der Waals surface area contributed by atoms with Gasteiger partial charge in [0.15, 0.2) is 17.3 Å². The summed E-state index contributed by atoms with van der Waals surface area (Å²) >= 11 is 0. The predicted octanol–water partition coefficient (Wildman–Crippen LogP) is 3.27. The number of piperidine rings is 1. The third-order valence-electron chi connectivity index (χ3n) is 7.92. The van der Waals surface area contributed by atoms with Crippen LogP contribution in [-0.2, 0) is 4.74 Å². The van der Waals surface area contributed by atoms with Crippen molar-refractivity contribution in [3.63, 3.8) is 0 Å². The number of benzene rings is 1. The monoisotopic (exact) mass is 532 g/mol. The first-order valence-corrected chi connectivity index (χ1v) is 13.8. The van der Waals surface area contributed by atoms with Gasteiger partial charge in [-0.05, 0) is 44.7 Å². The molecule has 0 bridgehead atoms. The molecule has 11 heteroatoms. The minimum atomic E-state index is -0.750. The summed E-state index contributed by atoms with van der Waals surface area (Å²) in [7, 11) is 0. The average Bonchev–Trinajstić information content (AvgIpc) is 3.54. The third kappa shape index (κ3) is 4.74. The highest BCUT2D eigenvalue weighted by atomic mass is 16.5. The number of ether oxygens (including phenoxy) is 1. The van der Waals surface area contributed by atoms with Gasteiger partial charge in [-0.1, -0.05) is 26.0 Å². The van der Waals surface area contributed by atoms with Gasteiger partial charge in [0.1, 0.15) is 11.3 Å². The number of imidazole rings is 2. The van der Waals surface area contributed by atoms with Crippen molar-refractivity contribution in [3.05, 3.63) is 35.9 Å². The average molecular weight is 533 g/mol. The van der Waals surface area contributed by atoms with Crippen molar-refractivity contribution >= 4 is 33.9 Å². The van der Waals surface area contributed by atoms with E-state index in [0.717, 1.165) is 29.7 Å². The molecule has 2 saturated heterocycles. The number of likely N-dealkylation sites (tertiary alicyclic amines) is 1. The molecule has 2 aliphatic heterocycles. The van der Waals surface area contributed by atoms with Gasteiger partial charge in [0.25, 0.3) is 5.91 Å². The molecular formula is C28H36N8O3. The van der Waals surface area contributed by atoms with Crippen molar-refractivity contribution in [2.75, 3.05) is 44.3 Å². The van der Waals surface area contributed by atoms with Gasteiger partial charge in [-0.25, -0.2) is 9.97 Å². The SMILES string of the molecule is CC(C)c1nc2ccccc2n1-c1nc(N2CCOCC2)c2[nH]c(C(=O)N3CCC(C(C)(C)O)CC3)nc2n1. The van der Waals surface area contributed by atoms with E-state index in [1.807, 2.05) is 47.6 Å². The van der Waals surface area contributed by atoms with Gasteiger partial charge in [0, 0.05) is 32.1 Å². The van der Waals surface area contributed by atoms with Crippen LogP contribution in [0.2, 0.25) is 0 Å². The molecule has 0 atom stereocenters. The van der Waals surface area contributed by atoms with Crippen molar-refractivity contribution < 1.29 is 14.6 Å². The van der Waals surface area contributed by atoms with Gasteiger partial charge in [-0.3, -0.25) is 9.36 Å². The Bertz CT molecular complexity index is 1500. The summed E-state index contributed by atoms with van der Waals surface area (Å²) in [5.74, 6) is 2.46. The number of aromatic nitrogens is 6. The number of hydrogen-bond donors (Lipinski definition) is 2. The Morgan fingerprint density at radius 1 is 1.05 bits per heavy atom. The first kappa shape index (κ1) is 25.7. The second-order valence-electron chi connectivity index (χ2n) is 11.4. The van der Waals surface area contributed by atoms with E-state index in [9.17, 15) is 9.90 Å². The molecule has 3 aromatic heterocycles. The van der Waals surface area contributed by atoms with Gasteiger partial charge in [0.2, 0.25) is 5.95 Å². The number of carbonyl (C=O) groups excluding carboxylic acids is 1. The van der Waals surface area contributed by atoms with Crippen LogP contribution in [0.15, 0.2) is 24.3 Å². The third-order valence-corrected chi connectivity index (χ3v) is 7.92. The highest BCUT2D eigenvalue weighted by Gasteiger charge is 2.33. The van der Waals surface area contributed by atoms with Crippen molar-refractivity contribution in [1.82, 2.24) is 34.4 Å². The van der Waals surface area contributed by atoms with Gasteiger partial charge >= 0.3 is 0 Å². The normalized spacial score (nSPS) is 17.6. The number of aromatic amines is 1. The van der Waals surface area contributed by atoms with Crippen LogP contribution in [0.4, 0.5) is 5.82 Å². The van der Waals surface area contributed by atoms with E-state index >= 15 is 0 Å². The lowest BCUT2D eigenvalue weighted by atomic mass is 9.83. The fraction of sp³-hybridized carbons (Fsp3) is 0.536. The standard InChI is InChI=1S/C28H36N8O3/c1-17(2)24-29-19-7-5-6-8-20(19)36(24)27-32-22-21(25(33-27)34-13-15-39-16-14-34)30-23(31-22)26(37)35-11-9-18(10-12-35)28(3,4)38/h5-8,17-18,38H,9-16H2,1-4H3,(H,30,31,32,33). The number of carbonyl (C=O) groups is 1. The summed E-state index contributed by atoms with van der Waals surface area (Å²) in [5, 5.41) is 10.4. The molecule has 0 saturated carbocycles. The minimum absolute atomic E-state index is 0.145. The number of aliphatic hydroxyl groups is 1. The molecule has 39 heavy (non-hydrogen) atoms. The summed E-state index contributed by atoms with van der Waals surface area (Å²) < 4.78 is 7.60. The molecule has 6 rings (SSSR count). The number of nitrogens with zero attached hydrogens (tertiary/aromatic N) is 7. The predicted molar refractivity (Wildman–Crippen MR) is 148 cm³/mol. The van der Waals surface area contributed by atoms with Gasteiger partial charge in [-0.2, -0.15) is 9.97 Å². The maximum atomic E-state index is 13.5. The van der Waals surface area contributed by atoms with Crippen LogP contribution in [0.1, 0.15) is 62.9 Å². The number of H-pyrrole nitrogens is 1. The Balaban J connectivity index is 1.43. The summed E-state index contributed by atoms with van der Waals surface area (Å²) in [6.45, 7) is 11.6. The second kappa shape index (κ2) is 9.87. The van der Waals surface area contributed by atoms with E-state index < -0.39 is 5.60 Å². The van der Waals surface area contributed by atoms with Crippen LogP contribution >= 0.6 is 0 Å². The molecule has 0 unspecified atom stereocenters. The molecule has 0 radical (unpaired) electrons. The zero-order chi connectivity index (χ0) is 27.3. The Labute approximate surface area is 227 Å². The number of para-hydroxylation sites is 2. The van der Waals surface area contributed by atoms with Crippen molar-refractivity contribution in [3.8, 4) is 5.95 Å². The molecule has 1 aromatic carbocycles. The number of anilines is 1. The Hall–Kier alpha value is -3.57. The number of morpholine rings is 1. The molecule has 2 N–H and O–H groups in total. The maximum Gasteiger partial charge on any atom is 0.289 e. The maximum absolute atomic E-state index is 13.5. The zero-order valence-corrected chi connectivity index (χ0v) is 23.0. The second-order valence-corrected chi connectivity index (χ2v) is 11.4. The quantitative estimate of drug-likeness (QED) is 0.401. The molecule has 2 fully saturated rings. The number of nitrogens with one attached hydrogen (secondary N) is 1. The topological polar surface area (TPSA) is 125 Å². The van der Waals surface area contributed by atoms with E-state index in [4.69, 9.17) is 24.7 Å². The molecule has 206 valence electrons. The minimum Gasteiger partial charge on any atom is -0.390 e. The Morgan fingerprint density at radius 3 is 2.46 bits per heavy atom. The molecule has 5 heterocycles. The molecule has 0 spiro atoms. The summed E-state index contributed by atoms with van der Waals surface area (Å²) in [6, 6.07) is 7.97. The van der Waals surface area contributed by atoms with Crippen LogP contribution in [0.3, 0.4) is 0 Å². The molecule has 0 aliphatic carbocycles. The number of rotatable bonds is 5. The van der Waals surface area contributed by atoms with E-state index in [-0.39, 0.29) is 23.6 Å². The summed E-state index contributed by atoms with van der Waals surface area (Å²) in [6.07, 6.45) is 1.51. The van der Waals surface area contributed by atoms with Crippen LogP contribution in [-0.4, -0.2) is 90.4 Å². The molecule has 4 aromatic rings. The van der Waals surface area contributed by atoms with Crippen LogP contribution in [0.25, 0.3) is 28.1 Å². The van der Waals surface area contributed by atoms with Crippen molar-refractivity contribution in [2.45, 2.75) is 52.1 Å². The smallest absolute Gasteiger partial charge is 0.289 e. The van der Waals surface area contributed by atoms with Crippen molar-refractivity contribution in [2.24, 2.45) is 5.92 Å². The van der Waals surface area contributed by atoms with Crippen LogP contribution in [0, 0.1) is 5.92 Å². The molecular weight excluding hydrogens is 496 g/mol. The zero-order valence-electron chi connectivity index (χ0n) is 23.0. The number of amides is 1. The highest BCUT2D eigenvalue weighted by Crippen LogP contribution is 2.31. The van der Waals surface area contributed by atoms with Gasteiger partial charge in [0.05, 0.1) is 29.8 Å². The molecule has 2 aliphatic rings. The summed E-state index contributed by atoms with van der Waals surface area (Å²) in [4.78, 5) is 40.2.